The average molecular weight is 254 g/mol. The Hall–Kier alpha value is -1.86. The lowest BCUT2D eigenvalue weighted by molar-refractivity contribution is 1.33. The van der Waals surface area contributed by atoms with E-state index in [1.807, 2.05) is 30.3 Å². The van der Waals surface area contributed by atoms with E-state index >= 15 is 0 Å². The molecule has 0 amide bonds. The molecule has 0 aliphatic rings. The molecule has 0 spiro atoms. The third kappa shape index (κ3) is 1.87. The lowest BCUT2D eigenvalue weighted by atomic mass is 10.0. The SMILES string of the molecule is Cc1ccccc1-c1nc(Cl)cc2ccccc12. The summed E-state index contributed by atoms with van der Waals surface area (Å²) in [6, 6.07) is 18.3. The van der Waals surface area contributed by atoms with Crippen LogP contribution in [0.15, 0.2) is 54.6 Å². The van der Waals surface area contributed by atoms with Crippen molar-refractivity contribution in [3.05, 3.63) is 65.3 Å². The molecule has 0 aliphatic carbocycles. The van der Waals surface area contributed by atoms with Crippen LogP contribution in [0, 0.1) is 6.92 Å². The quantitative estimate of drug-likeness (QED) is 0.564. The van der Waals surface area contributed by atoms with Crippen LogP contribution in [0.1, 0.15) is 5.56 Å². The monoisotopic (exact) mass is 253 g/mol. The van der Waals surface area contributed by atoms with E-state index in [0.717, 1.165) is 22.0 Å². The largest absolute Gasteiger partial charge is 0.235 e. The Kier molecular flexibility index (Phi) is 2.77. The topological polar surface area (TPSA) is 12.9 Å². The van der Waals surface area contributed by atoms with Gasteiger partial charge in [0.25, 0.3) is 0 Å². The Balaban J connectivity index is 2.39. The fourth-order valence-electron chi connectivity index (χ4n) is 2.21. The summed E-state index contributed by atoms with van der Waals surface area (Å²) in [7, 11) is 0. The van der Waals surface area contributed by atoms with Gasteiger partial charge in [-0.25, -0.2) is 4.98 Å². The van der Waals surface area contributed by atoms with Crippen molar-refractivity contribution in [1.82, 2.24) is 4.98 Å². The highest BCUT2D eigenvalue weighted by Crippen LogP contribution is 2.30. The number of aryl methyl sites for hydroxylation is 1. The van der Waals surface area contributed by atoms with Crippen LogP contribution in [-0.4, -0.2) is 4.98 Å². The first kappa shape index (κ1) is 11.2. The van der Waals surface area contributed by atoms with E-state index in [-0.39, 0.29) is 0 Å². The molecule has 18 heavy (non-hydrogen) atoms. The Morgan fingerprint density at radius 3 is 2.50 bits per heavy atom. The molecule has 88 valence electrons. The molecule has 0 unspecified atom stereocenters. The van der Waals surface area contributed by atoms with Crippen molar-refractivity contribution in [2.75, 3.05) is 0 Å². The van der Waals surface area contributed by atoms with Crippen molar-refractivity contribution in [1.29, 1.82) is 0 Å². The first-order valence-electron chi connectivity index (χ1n) is 5.87. The standard InChI is InChI=1S/C16H12ClN/c1-11-6-2-4-8-13(11)16-14-9-5-3-7-12(14)10-15(17)18-16/h2-10H,1H3. The summed E-state index contributed by atoms with van der Waals surface area (Å²) in [5, 5.41) is 2.79. The maximum atomic E-state index is 6.11. The highest BCUT2D eigenvalue weighted by molar-refractivity contribution is 6.30. The molecule has 3 aromatic rings. The number of rotatable bonds is 1. The molecule has 0 fully saturated rings. The number of nitrogens with zero attached hydrogens (tertiary/aromatic N) is 1. The van der Waals surface area contributed by atoms with Crippen molar-refractivity contribution in [3.8, 4) is 11.3 Å². The van der Waals surface area contributed by atoms with Gasteiger partial charge in [0.2, 0.25) is 0 Å². The Morgan fingerprint density at radius 1 is 0.944 bits per heavy atom. The average Bonchev–Trinajstić information content (AvgIpc) is 2.38. The summed E-state index contributed by atoms with van der Waals surface area (Å²) in [5.41, 5.74) is 3.30. The van der Waals surface area contributed by atoms with Crippen molar-refractivity contribution < 1.29 is 0 Å². The van der Waals surface area contributed by atoms with Gasteiger partial charge in [0.15, 0.2) is 0 Å². The Morgan fingerprint density at radius 2 is 1.67 bits per heavy atom. The molecule has 1 aromatic heterocycles. The van der Waals surface area contributed by atoms with Crippen LogP contribution in [0.2, 0.25) is 5.15 Å². The van der Waals surface area contributed by atoms with Gasteiger partial charge in [0, 0.05) is 10.9 Å². The second-order valence-electron chi connectivity index (χ2n) is 4.33. The van der Waals surface area contributed by atoms with Crippen LogP contribution in [0.25, 0.3) is 22.0 Å². The van der Waals surface area contributed by atoms with Gasteiger partial charge in [0.1, 0.15) is 5.15 Å². The molecule has 0 atom stereocenters. The van der Waals surface area contributed by atoms with Crippen molar-refractivity contribution in [2.45, 2.75) is 6.92 Å². The summed E-state index contributed by atoms with van der Waals surface area (Å²) in [6.07, 6.45) is 0. The zero-order valence-electron chi connectivity index (χ0n) is 10.0. The molecule has 0 radical (unpaired) electrons. The predicted octanol–water partition coefficient (Wildman–Crippen LogP) is 4.86. The van der Waals surface area contributed by atoms with E-state index in [9.17, 15) is 0 Å². The third-order valence-electron chi connectivity index (χ3n) is 3.11. The van der Waals surface area contributed by atoms with E-state index in [1.165, 1.54) is 5.56 Å². The number of benzene rings is 2. The molecule has 0 aliphatic heterocycles. The number of fused-ring (bicyclic) bond motifs is 1. The van der Waals surface area contributed by atoms with E-state index in [1.54, 1.807) is 0 Å². The summed E-state index contributed by atoms with van der Waals surface area (Å²) < 4.78 is 0. The maximum absolute atomic E-state index is 6.11. The van der Waals surface area contributed by atoms with Crippen molar-refractivity contribution in [3.63, 3.8) is 0 Å². The van der Waals surface area contributed by atoms with Crippen LogP contribution >= 0.6 is 11.6 Å². The number of hydrogen-bond acceptors (Lipinski definition) is 1. The fraction of sp³-hybridized carbons (Fsp3) is 0.0625. The predicted molar refractivity (Wildman–Crippen MR) is 76.9 cm³/mol. The van der Waals surface area contributed by atoms with Gasteiger partial charge < -0.3 is 0 Å². The maximum Gasteiger partial charge on any atom is 0.130 e. The van der Waals surface area contributed by atoms with Crippen LogP contribution in [-0.2, 0) is 0 Å². The molecular weight excluding hydrogens is 242 g/mol. The summed E-state index contributed by atoms with van der Waals surface area (Å²) in [4.78, 5) is 4.50. The molecule has 3 rings (SSSR count). The van der Waals surface area contributed by atoms with Gasteiger partial charge in [-0.1, -0.05) is 60.1 Å². The first-order chi connectivity index (χ1) is 8.75. The normalized spacial score (nSPS) is 10.8. The molecule has 0 bridgehead atoms. The third-order valence-corrected chi connectivity index (χ3v) is 3.30. The first-order valence-corrected chi connectivity index (χ1v) is 6.25. The van der Waals surface area contributed by atoms with Gasteiger partial charge >= 0.3 is 0 Å². The second-order valence-corrected chi connectivity index (χ2v) is 4.72. The number of halogens is 1. The van der Waals surface area contributed by atoms with Crippen LogP contribution in [0.3, 0.4) is 0 Å². The van der Waals surface area contributed by atoms with Crippen LogP contribution < -0.4 is 0 Å². The van der Waals surface area contributed by atoms with Crippen molar-refractivity contribution in [2.24, 2.45) is 0 Å². The fourth-order valence-corrected chi connectivity index (χ4v) is 2.41. The lowest BCUT2D eigenvalue weighted by Crippen LogP contribution is -1.89. The molecule has 1 heterocycles. The van der Waals surface area contributed by atoms with Crippen LogP contribution in [0.4, 0.5) is 0 Å². The Bertz CT molecular complexity index is 719. The highest BCUT2D eigenvalue weighted by atomic mass is 35.5. The van der Waals surface area contributed by atoms with Crippen molar-refractivity contribution >= 4 is 22.4 Å². The molecule has 2 heteroatoms. The summed E-state index contributed by atoms with van der Waals surface area (Å²) in [6.45, 7) is 2.09. The zero-order chi connectivity index (χ0) is 12.5. The second kappa shape index (κ2) is 4.43. The van der Waals surface area contributed by atoms with E-state index in [0.29, 0.717) is 5.15 Å². The van der Waals surface area contributed by atoms with Crippen LogP contribution in [0.5, 0.6) is 0 Å². The minimum Gasteiger partial charge on any atom is -0.235 e. The summed E-state index contributed by atoms with van der Waals surface area (Å²) in [5.74, 6) is 0. The lowest BCUT2D eigenvalue weighted by Gasteiger charge is -2.09. The van der Waals surface area contributed by atoms with Gasteiger partial charge in [-0.2, -0.15) is 0 Å². The highest BCUT2D eigenvalue weighted by Gasteiger charge is 2.08. The zero-order valence-corrected chi connectivity index (χ0v) is 10.8. The number of aromatic nitrogens is 1. The number of pyridine rings is 1. The minimum atomic E-state index is 0.534. The molecule has 2 aromatic carbocycles. The molecule has 0 N–H and O–H groups in total. The Labute approximate surface area is 111 Å². The van der Waals surface area contributed by atoms with E-state index in [4.69, 9.17) is 11.6 Å². The minimum absolute atomic E-state index is 0.534. The van der Waals surface area contributed by atoms with Gasteiger partial charge in [-0.05, 0) is 23.9 Å². The number of hydrogen-bond donors (Lipinski definition) is 0. The smallest absolute Gasteiger partial charge is 0.130 e. The summed E-state index contributed by atoms with van der Waals surface area (Å²) >= 11 is 6.11. The molecular formula is C16H12ClN. The molecule has 0 saturated heterocycles. The van der Waals surface area contributed by atoms with E-state index < -0.39 is 0 Å². The van der Waals surface area contributed by atoms with Gasteiger partial charge in [-0.3, -0.25) is 0 Å². The molecule has 0 saturated carbocycles. The van der Waals surface area contributed by atoms with Gasteiger partial charge in [-0.15, -0.1) is 0 Å². The van der Waals surface area contributed by atoms with E-state index in [2.05, 4.69) is 36.2 Å². The molecule has 1 nitrogen and oxygen atoms in total. The van der Waals surface area contributed by atoms with Gasteiger partial charge in [0.05, 0.1) is 5.69 Å².